The van der Waals surface area contributed by atoms with Crippen molar-refractivity contribution in [2.24, 2.45) is 0 Å². The molecule has 1 aromatic heterocycles. The Hall–Kier alpha value is -1.66. The van der Waals surface area contributed by atoms with Crippen LogP contribution in [0.1, 0.15) is 17.0 Å². The van der Waals surface area contributed by atoms with Crippen LogP contribution < -0.4 is 10.1 Å². The number of aromatic hydroxyl groups is 1. The molecule has 21 heavy (non-hydrogen) atoms. The van der Waals surface area contributed by atoms with Crippen LogP contribution in [0, 0.1) is 0 Å². The van der Waals surface area contributed by atoms with Crippen LogP contribution >= 0.6 is 27.5 Å². The number of hydrogen-bond donors (Lipinski definition) is 2. The first-order valence-corrected chi connectivity index (χ1v) is 7.38. The Morgan fingerprint density at radius 1 is 1.38 bits per heavy atom. The van der Waals surface area contributed by atoms with Gasteiger partial charge in [0.15, 0.2) is 10.4 Å². The number of ether oxygens (including phenoxy) is 1. The number of phenolic OH excluding ortho intramolecular Hbond substituents is 1. The highest BCUT2D eigenvalue weighted by molar-refractivity contribution is 9.10. The lowest BCUT2D eigenvalue weighted by Crippen LogP contribution is -2.25. The third kappa shape index (κ3) is 4.68. The molecule has 0 saturated heterocycles. The van der Waals surface area contributed by atoms with Crippen molar-refractivity contribution >= 4 is 33.4 Å². The van der Waals surface area contributed by atoms with E-state index in [1.165, 1.54) is 12.1 Å². The van der Waals surface area contributed by atoms with Crippen LogP contribution in [0.2, 0.25) is 5.02 Å². The molecule has 0 unspecified atom stereocenters. The van der Waals surface area contributed by atoms with E-state index in [1.54, 1.807) is 18.2 Å². The lowest BCUT2D eigenvalue weighted by atomic mass is 10.3. The van der Waals surface area contributed by atoms with Crippen molar-refractivity contribution in [3.8, 4) is 11.5 Å². The van der Waals surface area contributed by atoms with Gasteiger partial charge < -0.3 is 19.6 Å². The molecule has 0 aliphatic rings. The van der Waals surface area contributed by atoms with E-state index in [2.05, 4.69) is 21.2 Å². The summed E-state index contributed by atoms with van der Waals surface area (Å²) in [5, 5.41) is 12.2. The van der Waals surface area contributed by atoms with Gasteiger partial charge in [0.1, 0.15) is 11.5 Å². The zero-order valence-electron chi connectivity index (χ0n) is 10.9. The van der Waals surface area contributed by atoms with Gasteiger partial charge >= 0.3 is 0 Å². The Morgan fingerprint density at radius 3 is 2.86 bits per heavy atom. The zero-order chi connectivity index (χ0) is 15.2. The molecule has 0 bridgehead atoms. The van der Waals surface area contributed by atoms with Gasteiger partial charge in [-0.25, -0.2) is 0 Å². The van der Waals surface area contributed by atoms with E-state index in [9.17, 15) is 9.90 Å². The predicted octanol–water partition coefficient (Wildman–Crippen LogP) is 3.60. The van der Waals surface area contributed by atoms with Crippen LogP contribution in [0.15, 0.2) is 39.4 Å². The molecule has 7 heteroatoms. The first-order chi connectivity index (χ1) is 10.1. The van der Waals surface area contributed by atoms with Gasteiger partial charge in [0.05, 0.1) is 11.6 Å². The quantitative estimate of drug-likeness (QED) is 0.758. The minimum absolute atomic E-state index is 0.0147. The first kappa shape index (κ1) is 15.7. The van der Waals surface area contributed by atoms with E-state index >= 15 is 0 Å². The normalized spacial score (nSPS) is 10.4. The van der Waals surface area contributed by atoms with E-state index in [-0.39, 0.29) is 22.4 Å². The van der Waals surface area contributed by atoms with Gasteiger partial charge in [-0.05, 0) is 46.6 Å². The first-order valence-electron chi connectivity index (χ1n) is 6.21. The van der Waals surface area contributed by atoms with Gasteiger partial charge in [-0.3, -0.25) is 4.79 Å². The van der Waals surface area contributed by atoms with E-state index < -0.39 is 0 Å². The number of nitrogens with one attached hydrogen (secondary N) is 1. The minimum atomic E-state index is -0.270. The van der Waals surface area contributed by atoms with E-state index in [1.807, 2.05) is 0 Å². The van der Waals surface area contributed by atoms with Crippen LogP contribution in [0.25, 0.3) is 0 Å². The molecule has 112 valence electrons. The molecule has 0 atom stereocenters. The topological polar surface area (TPSA) is 71.7 Å². The minimum Gasteiger partial charge on any atom is -0.506 e. The molecule has 0 saturated carbocycles. The molecule has 1 amide bonds. The van der Waals surface area contributed by atoms with E-state index in [0.717, 1.165) is 0 Å². The van der Waals surface area contributed by atoms with Crippen molar-refractivity contribution < 1.29 is 19.1 Å². The van der Waals surface area contributed by atoms with Crippen molar-refractivity contribution in [1.82, 2.24) is 5.32 Å². The summed E-state index contributed by atoms with van der Waals surface area (Å²) in [6.45, 7) is 0.881. The number of benzene rings is 1. The van der Waals surface area contributed by atoms with Gasteiger partial charge in [-0.1, -0.05) is 11.6 Å². The average molecular weight is 375 g/mol. The predicted molar refractivity (Wildman–Crippen MR) is 82.0 cm³/mol. The molecule has 0 aliphatic carbocycles. The van der Waals surface area contributed by atoms with Crippen molar-refractivity contribution in [3.63, 3.8) is 0 Å². The Morgan fingerprint density at radius 2 is 2.19 bits per heavy atom. The summed E-state index contributed by atoms with van der Waals surface area (Å²) in [6.07, 6.45) is 0.631. The standard InChI is InChI=1S/C14H13BrClNO4/c15-13-5-4-12(21-13)14(19)17-6-1-7-20-9-2-3-11(18)10(16)8-9/h2-5,8,18H,1,6-7H2,(H,17,19). The summed E-state index contributed by atoms with van der Waals surface area (Å²) in [5.41, 5.74) is 0. The van der Waals surface area contributed by atoms with Crippen molar-refractivity contribution in [3.05, 3.63) is 45.8 Å². The molecule has 5 nitrogen and oxygen atoms in total. The summed E-state index contributed by atoms with van der Waals surface area (Å²) in [7, 11) is 0. The number of hydrogen-bond acceptors (Lipinski definition) is 4. The summed E-state index contributed by atoms with van der Waals surface area (Å²) in [5.74, 6) is 0.571. The van der Waals surface area contributed by atoms with Gasteiger partial charge in [0.2, 0.25) is 0 Å². The second-order valence-corrected chi connectivity index (χ2v) is 5.36. The zero-order valence-corrected chi connectivity index (χ0v) is 13.3. The van der Waals surface area contributed by atoms with Crippen molar-refractivity contribution in [2.75, 3.05) is 13.2 Å². The second kappa shape index (κ2) is 7.38. The maximum absolute atomic E-state index is 11.7. The maximum Gasteiger partial charge on any atom is 0.287 e. The Balaban J connectivity index is 1.68. The van der Waals surface area contributed by atoms with Crippen LogP contribution in [0.4, 0.5) is 0 Å². The van der Waals surface area contributed by atoms with E-state index in [4.69, 9.17) is 20.8 Å². The summed E-state index contributed by atoms with van der Waals surface area (Å²) < 4.78 is 11.1. The summed E-state index contributed by atoms with van der Waals surface area (Å²) >= 11 is 8.90. The third-order valence-electron chi connectivity index (χ3n) is 2.59. The fraction of sp³-hybridized carbons (Fsp3) is 0.214. The molecule has 1 aromatic carbocycles. The van der Waals surface area contributed by atoms with Crippen LogP contribution in [0.3, 0.4) is 0 Å². The average Bonchev–Trinajstić information content (AvgIpc) is 2.89. The number of carbonyl (C=O) groups excluding carboxylic acids is 1. The fourth-order valence-electron chi connectivity index (χ4n) is 1.56. The molecular weight excluding hydrogens is 362 g/mol. The van der Waals surface area contributed by atoms with Crippen LogP contribution in [-0.4, -0.2) is 24.2 Å². The molecule has 0 aliphatic heterocycles. The summed E-state index contributed by atoms with van der Waals surface area (Å²) in [4.78, 5) is 11.7. The highest BCUT2D eigenvalue weighted by Crippen LogP contribution is 2.27. The van der Waals surface area contributed by atoms with Crippen molar-refractivity contribution in [2.45, 2.75) is 6.42 Å². The van der Waals surface area contributed by atoms with E-state index in [0.29, 0.717) is 30.0 Å². The molecule has 2 N–H and O–H groups in total. The Bertz CT molecular complexity index is 629. The second-order valence-electron chi connectivity index (χ2n) is 4.17. The maximum atomic E-state index is 11.7. The smallest absolute Gasteiger partial charge is 0.287 e. The monoisotopic (exact) mass is 373 g/mol. The van der Waals surface area contributed by atoms with Gasteiger partial charge in [-0.2, -0.15) is 0 Å². The van der Waals surface area contributed by atoms with Gasteiger partial charge in [0.25, 0.3) is 5.91 Å². The molecule has 0 fully saturated rings. The molecule has 0 radical (unpaired) electrons. The number of carbonyl (C=O) groups is 1. The molecular formula is C14H13BrClNO4. The molecule has 1 heterocycles. The number of halogens is 2. The van der Waals surface area contributed by atoms with Crippen molar-refractivity contribution in [1.29, 1.82) is 0 Å². The lowest BCUT2D eigenvalue weighted by molar-refractivity contribution is 0.0922. The molecule has 2 aromatic rings. The fourth-order valence-corrected chi connectivity index (χ4v) is 2.04. The number of rotatable bonds is 6. The number of phenols is 1. The van der Waals surface area contributed by atoms with Gasteiger partial charge in [0, 0.05) is 12.6 Å². The molecule has 2 rings (SSSR count). The lowest BCUT2D eigenvalue weighted by Gasteiger charge is -2.07. The summed E-state index contributed by atoms with van der Waals surface area (Å²) in [6, 6.07) is 7.88. The Kier molecular flexibility index (Phi) is 5.52. The third-order valence-corrected chi connectivity index (χ3v) is 3.32. The van der Waals surface area contributed by atoms with Crippen LogP contribution in [-0.2, 0) is 0 Å². The number of furan rings is 1. The molecule has 0 spiro atoms. The van der Waals surface area contributed by atoms with Crippen LogP contribution in [0.5, 0.6) is 11.5 Å². The Labute approximate surface area is 135 Å². The van der Waals surface area contributed by atoms with Gasteiger partial charge in [-0.15, -0.1) is 0 Å². The SMILES string of the molecule is O=C(NCCCOc1ccc(O)c(Cl)c1)c1ccc(Br)o1. The number of amides is 1. The highest BCUT2D eigenvalue weighted by Gasteiger charge is 2.09. The largest absolute Gasteiger partial charge is 0.506 e. The highest BCUT2D eigenvalue weighted by atomic mass is 79.9.